The third-order valence-corrected chi connectivity index (χ3v) is 7.99. The Morgan fingerprint density at radius 3 is 2.54 bits per heavy atom. The summed E-state index contributed by atoms with van der Waals surface area (Å²) in [6.07, 6.45) is 6.74. The maximum atomic E-state index is 13.1. The summed E-state index contributed by atoms with van der Waals surface area (Å²) < 4.78 is 1.91. The molecule has 3 aromatic rings. The molecule has 190 valence electrons. The van der Waals surface area contributed by atoms with Crippen LogP contribution in [0.15, 0.2) is 59.6 Å². The topological polar surface area (TPSA) is 79.7 Å². The fourth-order valence-electron chi connectivity index (χ4n) is 4.98. The lowest BCUT2D eigenvalue weighted by Gasteiger charge is -2.33. The molecule has 0 bridgehead atoms. The minimum absolute atomic E-state index is 0.0782. The second-order valence-electron chi connectivity index (χ2n) is 9.72. The summed E-state index contributed by atoms with van der Waals surface area (Å²) in [6, 6.07) is 15.0. The standard InChI is InChI=1S/C29H29N3O4S/c1-19-10-12-21(13-11-19)25(33)17-32-28(35)26(37-29(32)36)15-22-16-30(24-9-4-3-8-23(22)24)18-27(34)31-14-6-5-7-20(31)2/h3-4,8-13,15-16,20H,5-7,14,17-18H2,1-2H3/b26-15-/t20-/m0/s1. The molecule has 0 radical (unpaired) electrons. The van der Waals surface area contributed by atoms with Gasteiger partial charge in [0.15, 0.2) is 5.78 Å². The highest BCUT2D eigenvalue weighted by Crippen LogP contribution is 2.34. The highest BCUT2D eigenvalue weighted by molar-refractivity contribution is 8.18. The molecule has 0 aliphatic carbocycles. The van der Waals surface area contributed by atoms with Crippen molar-refractivity contribution in [1.82, 2.24) is 14.4 Å². The van der Waals surface area contributed by atoms with Gasteiger partial charge in [0.25, 0.3) is 11.1 Å². The molecule has 5 rings (SSSR count). The zero-order valence-electron chi connectivity index (χ0n) is 21.0. The van der Waals surface area contributed by atoms with Gasteiger partial charge >= 0.3 is 0 Å². The smallest absolute Gasteiger partial charge is 0.293 e. The summed E-state index contributed by atoms with van der Waals surface area (Å²) >= 11 is 0.833. The monoisotopic (exact) mass is 515 g/mol. The third-order valence-electron chi connectivity index (χ3n) is 7.08. The fraction of sp³-hybridized carbons (Fsp3) is 0.310. The van der Waals surface area contributed by atoms with Crippen LogP contribution in [0.3, 0.4) is 0 Å². The number of carbonyl (C=O) groups is 4. The van der Waals surface area contributed by atoms with Gasteiger partial charge in [-0.3, -0.25) is 24.1 Å². The molecule has 3 heterocycles. The van der Waals surface area contributed by atoms with Crippen LogP contribution in [0.2, 0.25) is 0 Å². The molecule has 37 heavy (non-hydrogen) atoms. The van der Waals surface area contributed by atoms with Gasteiger partial charge in [-0.05, 0) is 57.0 Å². The number of benzene rings is 2. The zero-order valence-corrected chi connectivity index (χ0v) is 21.8. The number of likely N-dealkylation sites (tertiary alicyclic amines) is 1. The van der Waals surface area contributed by atoms with E-state index in [2.05, 4.69) is 6.92 Å². The first-order chi connectivity index (χ1) is 17.8. The quantitative estimate of drug-likeness (QED) is 0.330. The first-order valence-electron chi connectivity index (χ1n) is 12.5. The van der Waals surface area contributed by atoms with E-state index in [1.165, 1.54) is 0 Å². The number of hydrogen-bond donors (Lipinski definition) is 0. The van der Waals surface area contributed by atoms with Gasteiger partial charge in [0.05, 0.1) is 11.4 Å². The molecule has 1 aromatic heterocycles. The van der Waals surface area contributed by atoms with E-state index in [1.54, 1.807) is 18.2 Å². The van der Waals surface area contributed by atoms with Gasteiger partial charge in [0.2, 0.25) is 5.91 Å². The Kier molecular flexibility index (Phi) is 7.02. The lowest BCUT2D eigenvalue weighted by molar-refractivity contribution is -0.135. The van der Waals surface area contributed by atoms with Crippen LogP contribution in [0.5, 0.6) is 0 Å². The van der Waals surface area contributed by atoms with Gasteiger partial charge in [0.1, 0.15) is 6.54 Å². The molecule has 1 atom stereocenters. The van der Waals surface area contributed by atoms with Crippen molar-refractivity contribution in [3.63, 3.8) is 0 Å². The van der Waals surface area contributed by atoms with Crippen LogP contribution < -0.4 is 0 Å². The highest BCUT2D eigenvalue weighted by atomic mass is 32.2. The lowest BCUT2D eigenvalue weighted by Crippen LogP contribution is -2.43. The largest absolute Gasteiger partial charge is 0.338 e. The van der Waals surface area contributed by atoms with Crippen molar-refractivity contribution in [2.24, 2.45) is 0 Å². The summed E-state index contributed by atoms with van der Waals surface area (Å²) in [5.41, 5.74) is 3.13. The number of thioether (sulfide) groups is 1. The van der Waals surface area contributed by atoms with E-state index in [1.807, 2.05) is 59.0 Å². The number of aromatic nitrogens is 1. The molecular formula is C29H29N3O4S. The van der Waals surface area contributed by atoms with Crippen molar-refractivity contribution in [1.29, 1.82) is 0 Å². The number of nitrogens with zero attached hydrogens (tertiary/aromatic N) is 3. The van der Waals surface area contributed by atoms with Gasteiger partial charge in [-0.25, -0.2) is 0 Å². The van der Waals surface area contributed by atoms with E-state index in [0.29, 0.717) is 5.56 Å². The average Bonchev–Trinajstić information content (AvgIpc) is 3.36. The van der Waals surface area contributed by atoms with Crippen molar-refractivity contribution in [3.05, 3.63) is 76.3 Å². The van der Waals surface area contributed by atoms with Crippen molar-refractivity contribution in [3.8, 4) is 0 Å². The predicted molar refractivity (Wildman–Crippen MR) is 145 cm³/mol. The number of rotatable bonds is 6. The molecule has 0 saturated carbocycles. The molecular weight excluding hydrogens is 486 g/mol. The molecule has 7 nitrogen and oxygen atoms in total. The minimum Gasteiger partial charge on any atom is -0.338 e. The van der Waals surface area contributed by atoms with E-state index in [0.717, 1.165) is 64.5 Å². The number of carbonyl (C=O) groups excluding carboxylic acids is 4. The molecule has 3 amide bonds. The van der Waals surface area contributed by atoms with E-state index in [-0.39, 0.29) is 35.7 Å². The SMILES string of the molecule is Cc1ccc(C(=O)CN2C(=O)S/C(=C\c3cn(CC(=O)N4CCCC[C@@H]4C)c4ccccc34)C2=O)cc1. The van der Waals surface area contributed by atoms with Crippen molar-refractivity contribution < 1.29 is 19.2 Å². The maximum Gasteiger partial charge on any atom is 0.293 e. The third kappa shape index (κ3) is 5.11. The average molecular weight is 516 g/mol. The lowest BCUT2D eigenvalue weighted by atomic mass is 10.0. The number of aryl methyl sites for hydroxylation is 1. The van der Waals surface area contributed by atoms with E-state index >= 15 is 0 Å². The highest BCUT2D eigenvalue weighted by Gasteiger charge is 2.36. The maximum absolute atomic E-state index is 13.1. The number of para-hydroxylation sites is 1. The van der Waals surface area contributed by atoms with Gasteiger partial charge in [-0.1, -0.05) is 48.0 Å². The number of piperidine rings is 1. The Morgan fingerprint density at radius 1 is 1.03 bits per heavy atom. The molecule has 2 aliphatic heterocycles. The summed E-state index contributed by atoms with van der Waals surface area (Å²) in [5, 5.41) is 0.430. The van der Waals surface area contributed by atoms with E-state index in [9.17, 15) is 19.2 Å². The van der Waals surface area contributed by atoms with Crippen LogP contribution >= 0.6 is 11.8 Å². The van der Waals surface area contributed by atoms with Gasteiger partial charge in [-0.15, -0.1) is 0 Å². The summed E-state index contributed by atoms with van der Waals surface area (Å²) in [4.78, 5) is 54.8. The predicted octanol–water partition coefficient (Wildman–Crippen LogP) is 5.27. The summed E-state index contributed by atoms with van der Waals surface area (Å²) in [5.74, 6) is -0.689. The van der Waals surface area contributed by atoms with Crippen molar-refractivity contribution in [2.75, 3.05) is 13.1 Å². The number of hydrogen-bond acceptors (Lipinski definition) is 5. The Balaban J connectivity index is 1.38. The first-order valence-corrected chi connectivity index (χ1v) is 13.4. The van der Waals surface area contributed by atoms with Crippen LogP contribution in [-0.4, -0.2) is 56.3 Å². The number of amides is 3. The van der Waals surface area contributed by atoms with Crippen molar-refractivity contribution >= 4 is 51.6 Å². The Bertz CT molecular complexity index is 1420. The molecule has 2 aliphatic rings. The number of imide groups is 1. The number of Topliss-reactive ketones (excluding diaryl/α,β-unsaturated/α-hetero) is 1. The summed E-state index contributed by atoms with van der Waals surface area (Å²) in [6.45, 7) is 4.72. The second kappa shape index (κ2) is 10.4. The molecule has 2 fully saturated rings. The van der Waals surface area contributed by atoms with Gasteiger partial charge in [-0.2, -0.15) is 0 Å². The molecule has 0 spiro atoms. The first kappa shape index (κ1) is 25.0. The van der Waals surface area contributed by atoms with Crippen LogP contribution in [0.1, 0.15) is 47.7 Å². The zero-order chi connectivity index (χ0) is 26.1. The minimum atomic E-state index is -0.481. The molecule has 2 saturated heterocycles. The molecule has 8 heteroatoms. The molecule has 0 N–H and O–H groups in total. The van der Waals surface area contributed by atoms with Crippen LogP contribution in [0, 0.1) is 6.92 Å². The molecule has 2 aromatic carbocycles. The van der Waals surface area contributed by atoms with Crippen molar-refractivity contribution in [2.45, 2.75) is 45.7 Å². The normalized spacial score (nSPS) is 19.3. The van der Waals surface area contributed by atoms with E-state index < -0.39 is 11.1 Å². The van der Waals surface area contributed by atoms with E-state index in [4.69, 9.17) is 0 Å². The molecule has 0 unspecified atom stereocenters. The number of ketones is 1. The Hall–Kier alpha value is -3.65. The Labute approximate surface area is 220 Å². The Morgan fingerprint density at radius 2 is 1.78 bits per heavy atom. The second-order valence-corrected chi connectivity index (χ2v) is 10.7. The summed E-state index contributed by atoms with van der Waals surface area (Å²) in [7, 11) is 0. The van der Waals surface area contributed by atoms with Crippen LogP contribution in [0.4, 0.5) is 4.79 Å². The van der Waals surface area contributed by atoms with Crippen LogP contribution in [-0.2, 0) is 16.1 Å². The fourth-order valence-corrected chi connectivity index (χ4v) is 5.81. The number of fused-ring (bicyclic) bond motifs is 1. The van der Waals surface area contributed by atoms with Crippen LogP contribution in [0.25, 0.3) is 17.0 Å². The van der Waals surface area contributed by atoms with Gasteiger partial charge in [0, 0.05) is 40.8 Å². The van der Waals surface area contributed by atoms with Gasteiger partial charge < -0.3 is 9.47 Å².